The molecular formula is C15H28N2O2. The zero-order chi connectivity index (χ0) is 14.9. The van der Waals surface area contributed by atoms with E-state index in [0.717, 1.165) is 19.3 Å². The van der Waals surface area contributed by atoms with Crippen molar-refractivity contribution in [2.75, 3.05) is 6.54 Å². The van der Waals surface area contributed by atoms with Gasteiger partial charge in [-0.05, 0) is 46.1 Å². The molecule has 2 atom stereocenters. The van der Waals surface area contributed by atoms with E-state index >= 15 is 0 Å². The van der Waals surface area contributed by atoms with Crippen molar-refractivity contribution in [1.82, 2.24) is 5.32 Å². The second kappa shape index (κ2) is 8.92. The molecule has 0 saturated heterocycles. The van der Waals surface area contributed by atoms with Crippen LogP contribution in [0.2, 0.25) is 0 Å². The van der Waals surface area contributed by atoms with Gasteiger partial charge in [0, 0.05) is 6.42 Å². The fourth-order valence-electron chi connectivity index (χ4n) is 1.89. The Morgan fingerprint density at radius 3 is 2.42 bits per heavy atom. The molecule has 0 heterocycles. The maximum absolute atomic E-state index is 11.8. The molecule has 110 valence electrons. The number of carbonyl (C=O) groups is 1. The largest absolute Gasteiger partial charge is 0.460 e. The minimum atomic E-state index is -0.431. The van der Waals surface area contributed by atoms with E-state index < -0.39 is 5.60 Å². The summed E-state index contributed by atoms with van der Waals surface area (Å²) in [7, 11) is 0. The summed E-state index contributed by atoms with van der Waals surface area (Å²) in [5.74, 6) is 0.0833. The van der Waals surface area contributed by atoms with E-state index in [2.05, 4.69) is 18.3 Å². The summed E-state index contributed by atoms with van der Waals surface area (Å²) in [6.07, 6.45) is 3.19. The van der Waals surface area contributed by atoms with Gasteiger partial charge in [0.15, 0.2) is 0 Å². The van der Waals surface area contributed by atoms with E-state index in [9.17, 15) is 4.79 Å². The number of carbonyl (C=O) groups excluding carboxylic acids is 1. The zero-order valence-corrected chi connectivity index (χ0v) is 13.0. The van der Waals surface area contributed by atoms with Gasteiger partial charge < -0.3 is 10.1 Å². The Kier molecular flexibility index (Phi) is 8.42. The average molecular weight is 268 g/mol. The van der Waals surface area contributed by atoms with Crippen LogP contribution >= 0.6 is 0 Å². The Morgan fingerprint density at radius 2 is 2.00 bits per heavy atom. The molecule has 0 spiro atoms. The summed E-state index contributed by atoms with van der Waals surface area (Å²) in [6.45, 7) is 10.4. The molecule has 0 saturated carbocycles. The Morgan fingerprint density at radius 1 is 1.37 bits per heavy atom. The highest BCUT2D eigenvalue weighted by Gasteiger charge is 2.20. The van der Waals surface area contributed by atoms with E-state index in [1.54, 1.807) is 0 Å². The second-order valence-corrected chi connectivity index (χ2v) is 5.94. The van der Waals surface area contributed by atoms with Gasteiger partial charge in [0.2, 0.25) is 0 Å². The first-order valence-electron chi connectivity index (χ1n) is 7.17. The van der Waals surface area contributed by atoms with Gasteiger partial charge in [0.25, 0.3) is 0 Å². The predicted octanol–water partition coefficient (Wildman–Crippen LogP) is 3.03. The number of hydrogen-bond acceptors (Lipinski definition) is 4. The van der Waals surface area contributed by atoms with Crippen molar-refractivity contribution < 1.29 is 9.53 Å². The number of esters is 1. The highest BCUT2D eigenvalue weighted by molar-refractivity contribution is 5.70. The van der Waals surface area contributed by atoms with Crippen LogP contribution in [0.4, 0.5) is 0 Å². The van der Waals surface area contributed by atoms with Crippen molar-refractivity contribution in [3.05, 3.63) is 0 Å². The van der Waals surface area contributed by atoms with Gasteiger partial charge in [-0.15, -0.1) is 0 Å². The lowest BCUT2D eigenvalue weighted by atomic mass is 9.99. The Balaban J connectivity index is 4.26. The van der Waals surface area contributed by atoms with E-state index in [1.807, 2.05) is 27.7 Å². The molecule has 0 rings (SSSR count). The Labute approximate surface area is 117 Å². The standard InChI is InChI=1S/C15H28N2O2/c1-6-8-12(11-17-13(7-2)10-16)9-14(18)19-15(3,4)5/h12-13,17H,6-9,11H2,1-5H3/t12?,13-/m0/s1. The quantitative estimate of drug-likeness (QED) is 0.687. The van der Waals surface area contributed by atoms with E-state index in [4.69, 9.17) is 10.00 Å². The van der Waals surface area contributed by atoms with Crippen LogP contribution in [0.25, 0.3) is 0 Å². The minimum Gasteiger partial charge on any atom is -0.460 e. The van der Waals surface area contributed by atoms with Crippen molar-refractivity contribution in [1.29, 1.82) is 5.26 Å². The lowest BCUT2D eigenvalue weighted by Gasteiger charge is -2.23. The van der Waals surface area contributed by atoms with Crippen LogP contribution in [-0.2, 0) is 9.53 Å². The third kappa shape index (κ3) is 9.49. The Bertz CT molecular complexity index is 302. The van der Waals surface area contributed by atoms with Crippen LogP contribution in [0.15, 0.2) is 0 Å². The van der Waals surface area contributed by atoms with Gasteiger partial charge in [-0.2, -0.15) is 5.26 Å². The van der Waals surface area contributed by atoms with Crippen LogP contribution in [0, 0.1) is 17.2 Å². The number of rotatable bonds is 8. The Hall–Kier alpha value is -1.08. The molecule has 19 heavy (non-hydrogen) atoms. The molecule has 0 aliphatic carbocycles. The van der Waals surface area contributed by atoms with Crippen LogP contribution in [0.3, 0.4) is 0 Å². The van der Waals surface area contributed by atoms with Gasteiger partial charge in [-0.3, -0.25) is 4.79 Å². The molecule has 0 bridgehead atoms. The summed E-state index contributed by atoms with van der Waals surface area (Å²) in [6, 6.07) is 2.09. The molecule has 4 nitrogen and oxygen atoms in total. The van der Waals surface area contributed by atoms with Crippen molar-refractivity contribution in [2.45, 2.75) is 71.9 Å². The number of ether oxygens (including phenoxy) is 1. The second-order valence-electron chi connectivity index (χ2n) is 5.94. The van der Waals surface area contributed by atoms with Gasteiger partial charge in [-0.25, -0.2) is 0 Å². The first-order chi connectivity index (χ1) is 8.82. The molecule has 0 aliphatic heterocycles. The van der Waals surface area contributed by atoms with Gasteiger partial charge in [0.1, 0.15) is 5.60 Å². The summed E-state index contributed by atoms with van der Waals surface area (Å²) in [4.78, 5) is 11.8. The molecule has 0 amide bonds. The zero-order valence-electron chi connectivity index (χ0n) is 13.0. The van der Waals surface area contributed by atoms with Gasteiger partial charge in [0.05, 0.1) is 12.1 Å². The lowest BCUT2D eigenvalue weighted by molar-refractivity contribution is -0.156. The molecule has 1 N–H and O–H groups in total. The lowest BCUT2D eigenvalue weighted by Crippen LogP contribution is -2.34. The van der Waals surface area contributed by atoms with E-state index in [0.29, 0.717) is 13.0 Å². The summed E-state index contributed by atoms with van der Waals surface area (Å²) in [5, 5.41) is 12.1. The van der Waals surface area contributed by atoms with Crippen LogP contribution in [0.5, 0.6) is 0 Å². The van der Waals surface area contributed by atoms with Crippen LogP contribution < -0.4 is 5.32 Å². The molecule has 0 aromatic rings. The highest BCUT2D eigenvalue weighted by Crippen LogP contribution is 2.15. The first kappa shape index (κ1) is 17.9. The number of nitrogens with zero attached hydrogens (tertiary/aromatic N) is 1. The number of nitriles is 1. The van der Waals surface area contributed by atoms with Crippen molar-refractivity contribution in [2.24, 2.45) is 5.92 Å². The maximum atomic E-state index is 11.8. The third-order valence-corrected chi connectivity index (χ3v) is 2.79. The van der Waals surface area contributed by atoms with Crippen LogP contribution in [0.1, 0.15) is 60.3 Å². The van der Waals surface area contributed by atoms with Crippen LogP contribution in [-0.4, -0.2) is 24.2 Å². The monoisotopic (exact) mass is 268 g/mol. The molecule has 0 aromatic heterocycles. The van der Waals surface area contributed by atoms with Gasteiger partial charge in [-0.1, -0.05) is 20.3 Å². The summed E-state index contributed by atoms with van der Waals surface area (Å²) >= 11 is 0. The third-order valence-electron chi connectivity index (χ3n) is 2.79. The molecule has 0 aliphatic rings. The normalized spacial score (nSPS) is 14.5. The smallest absolute Gasteiger partial charge is 0.306 e. The van der Waals surface area contributed by atoms with Crippen molar-refractivity contribution >= 4 is 5.97 Å². The fraction of sp³-hybridized carbons (Fsp3) is 0.867. The molecule has 0 fully saturated rings. The molecule has 0 aromatic carbocycles. The number of hydrogen-bond donors (Lipinski definition) is 1. The number of nitrogens with one attached hydrogen (secondary N) is 1. The van der Waals surface area contributed by atoms with Crippen molar-refractivity contribution in [3.63, 3.8) is 0 Å². The SMILES string of the molecule is CCCC(CN[C@H](C#N)CC)CC(=O)OC(C)(C)C. The molecule has 1 unspecified atom stereocenters. The summed E-state index contributed by atoms with van der Waals surface area (Å²) < 4.78 is 5.34. The maximum Gasteiger partial charge on any atom is 0.306 e. The van der Waals surface area contributed by atoms with Crippen molar-refractivity contribution in [3.8, 4) is 6.07 Å². The highest BCUT2D eigenvalue weighted by atomic mass is 16.6. The topological polar surface area (TPSA) is 62.1 Å². The molecule has 4 heteroatoms. The predicted molar refractivity (Wildman–Crippen MR) is 76.6 cm³/mol. The first-order valence-corrected chi connectivity index (χ1v) is 7.17. The summed E-state index contributed by atoms with van der Waals surface area (Å²) in [5.41, 5.74) is -0.431. The molecule has 0 radical (unpaired) electrons. The van der Waals surface area contributed by atoms with E-state index in [-0.39, 0.29) is 17.9 Å². The molecular weight excluding hydrogens is 240 g/mol. The van der Waals surface area contributed by atoms with E-state index in [1.165, 1.54) is 0 Å². The fourth-order valence-corrected chi connectivity index (χ4v) is 1.89. The van der Waals surface area contributed by atoms with Gasteiger partial charge >= 0.3 is 5.97 Å². The minimum absolute atomic E-state index is 0.127. The average Bonchev–Trinajstić information content (AvgIpc) is 2.27.